The van der Waals surface area contributed by atoms with Crippen LogP contribution in [0.5, 0.6) is 5.75 Å². The maximum atomic E-state index is 13.7. The van der Waals surface area contributed by atoms with Gasteiger partial charge in [-0.05, 0) is 45.0 Å². The number of aromatic nitrogens is 5. The van der Waals surface area contributed by atoms with Crippen molar-refractivity contribution in [3.8, 4) is 17.1 Å². The summed E-state index contributed by atoms with van der Waals surface area (Å²) in [4.78, 5) is 32.3. The zero-order valence-corrected chi connectivity index (χ0v) is 20.7. The number of benzene rings is 1. The van der Waals surface area contributed by atoms with Crippen LogP contribution in [0.2, 0.25) is 0 Å². The minimum Gasteiger partial charge on any atom is -0.508 e. The Balaban J connectivity index is 1.82. The van der Waals surface area contributed by atoms with Crippen molar-refractivity contribution in [3.63, 3.8) is 0 Å². The highest BCUT2D eigenvalue weighted by atomic mass is 16.3. The monoisotopic (exact) mass is 475 g/mol. The van der Waals surface area contributed by atoms with Crippen LogP contribution in [-0.4, -0.2) is 60.5 Å². The Morgan fingerprint density at radius 1 is 1.20 bits per heavy atom. The second kappa shape index (κ2) is 9.21. The highest BCUT2D eigenvalue weighted by Crippen LogP contribution is 2.30. The predicted octanol–water partition coefficient (Wildman–Crippen LogP) is 2.81. The Labute approximate surface area is 203 Å². The van der Waals surface area contributed by atoms with Gasteiger partial charge in [0.05, 0.1) is 23.0 Å². The van der Waals surface area contributed by atoms with Crippen molar-refractivity contribution < 1.29 is 14.7 Å². The number of phenolic OH excluding ortho intramolecular Hbond substituents is 1. The van der Waals surface area contributed by atoms with E-state index < -0.39 is 0 Å². The van der Waals surface area contributed by atoms with Gasteiger partial charge < -0.3 is 15.3 Å². The molecule has 4 aromatic rings. The molecule has 3 aromatic heterocycles. The molecule has 2 N–H and O–H groups in total. The van der Waals surface area contributed by atoms with Crippen molar-refractivity contribution in [2.45, 2.75) is 33.9 Å². The predicted molar refractivity (Wildman–Crippen MR) is 132 cm³/mol. The SMILES string of the molecule is CCn1ncc(CN(C)C(=O)c2cc(-c3nn(C)c(C(=O)NC)c3C)nc3ccc(O)cc23)c1C. The first-order chi connectivity index (χ1) is 16.7. The van der Waals surface area contributed by atoms with E-state index in [1.807, 2.05) is 18.5 Å². The smallest absolute Gasteiger partial charge is 0.269 e. The molecule has 0 atom stereocenters. The molecule has 0 saturated heterocycles. The normalized spacial score (nSPS) is 11.1. The standard InChI is InChI=1S/C25H29N7O3/c1-7-32-15(3)16(12-27-32)13-30(5)25(35)19-11-21(28-20-9-8-17(33)10-18(19)20)22-14(2)23(24(34)26-4)31(6)29-22/h8-12,33H,7,13H2,1-6H3,(H,26,34). The fourth-order valence-electron chi connectivity index (χ4n) is 4.31. The molecule has 0 aliphatic carbocycles. The van der Waals surface area contributed by atoms with E-state index in [1.54, 1.807) is 51.3 Å². The van der Waals surface area contributed by atoms with E-state index in [0.29, 0.717) is 45.7 Å². The number of pyridine rings is 1. The lowest BCUT2D eigenvalue weighted by Gasteiger charge is -2.19. The van der Waals surface area contributed by atoms with E-state index in [9.17, 15) is 14.7 Å². The minimum atomic E-state index is -0.256. The Morgan fingerprint density at radius 3 is 2.60 bits per heavy atom. The highest BCUT2D eigenvalue weighted by Gasteiger charge is 2.24. The molecule has 0 spiro atoms. The summed E-state index contributed by atoms with van der Waals surface area (Å²) in [6, 6.07) is 6.40. The van der Waals surface area contributed by atoms with Crippen LogP contribution in [0, 0.1) is 13.8 Å². The fourth-order valence-corrected chi connectivity index (χ4v) is 4.31. The first-order valence-electron chi connectivity index (χ1n) is 11.3. The number of hydrogen-bond donors (Lipinski definition) is 2. The summed E-state index contributed by atoms with van der Waals surface area (Å²) in [5, 5.41) is 22.2. The van der Waals surface area contributed by atoms with Gasteiger partial charge in [-0.2, -0.15) is 10.2 Å². The van der Waals surface area contributed by atoms with E-state index >= 15 is 0 Å². The third-order valence-corrected chi connectivity index (χ3v) is 6.25. The summed E-state index contributed by atoms with van der Waals surface area (Å²) in [6.07, 6.45) is 1.78. The van der Waals surface area contributed by atoms with Crippen molar-refractivity contribution in [1.82, 2.24) is 34.8 Å². The Bertz CT molecular complexity index is 1450. The number of hydrogen-bond acceptors (Lipinski definition) is 6. The number of carbonyl (C=O) groups excluding carboxylic acids is 2. The lowest BCUT2D eigenvalue weighted by molar-refractivity contribution is 0.0786. The molecule has 0 aliphatic rings. The van der Waals surface area contributed by atoms with Crippen molar-refractivity contribution in [2.75, 3.05) is 14.1 Å². The molecule has 0 radical (unpaired) electrons. The molecule has 182 valence electrons. The third kappa shape index (κ3) is 4.23. The summed E-state index contributed by atoms with van der Waals surface area (Å²) in [7, 11) is 4.99. The van der Waals surface area contributed by atoms with E-state index in [2.05, 4.69) is 15.5 Å². The first kappa shape index (κ1) is 23.9. The van der Waals surface area contributed by atoms with Crippen molar-refractivity contribution >= 4 is 22.7 Å². The van der Waals surface area contributed by atoms with E-state index in [4.69, 9.17) is 4.98 Å². The van der Waals surface area contributed by atoms with E-state index in [1.165, 1.54) is 16.8 Å². The van der Waals surface area contributed by atoms with Crippen LogP contribution in [-0.2, 0) is 20.1 Å². The van der Waals surface area contributed by atoms with Gasteiger partial charge in [-0.25, -0.2) is 4.98 Å². The quantitative estimate of drug-likeness (QED) is 0.443. The number of carbonyl (C=O) groups is 2. The van der Waals surface area contributed by atoms with Crippen molar-refractivity contribution in [1.29, 1.82) is 0 Å². The number of rotatable bonds is 6. The van der Waals surface area contributed by atoms with Gasteiger partial charge in [-0.1, -0.05) is 0 Å². The molecular weight excluding hydrogens is 446 g/mol. The molecule has 35 heavy (non-hydrogen) atoms. The summed E-state index contributed by atoms with van der Waals surface area (Å²) in [5.74, 6) is -0.443. The van der Waals surface area contributed by atoms with Crippen LogP contribution in [0.3, 0.4) is 0 Å². The van der Waals surface area contributed by atoms with E-state index in [0.717, 1.165) is 17.8 Å². The van der Waals surface area contributed by atoms with Gasteiger partial charge in [0, 0.05) is 56.4 Å². The van der Waals surface area contributed by atoms with Gasteiger partial charge in [-0.3, -0.25) is 19.0 Å². The number of amides is 2. The third-order valence-electron chi connectivity index (χ3n) is 6.25. The van der Waals surface area contributed by atoms with Crippen LogP contribution in [0.4, 0.5) is 0 Å². The fraction of sp³-hybridized carbons (Fsp3) is 0.320. The van der Waals surface area contributed by atoms with Crippen molar-refractivity contribution in [2.24, 2.45) is 7.05 Å². The average molecular weight is 476 g/mol. The number of nitrogens with one attached hydrogen (secondary N) is 1. The van der Waals surface area contributed by atoms with Gasteiger partial charge in [0.2, 0.25) is 0 Å². The van der Waals surface area contributed by atoms with Gasteiger partial charge in [0.25, 0.3) is 11.8 Å². The van der Waals surface area contributed by atoms with Crippen LogP contribution < -0.4 is 5.32 Å². The molecule has 0 unspecified atom stereocenters. The number of fused-ring (bicyclic) bond motifs is 1. The largest absolute Gasteiger partial charge is 0.508 e. The molecule has 2 amide bonds. The molecule has 10 heteroatoms. The maximum Gasteiger partial charge on any atom is 0.269 e. The number of aromatic hydroxyl groups is 1. The second-order valence-corrected chi connectivity index (χ2v) is 8.51. The molecule has 0 saturated carbocycles. The maximum absolute atomic E-state index is 13.7. The van der Waals surface area contributed by atoms with Gasteiger partial charge >= 0.3 is 0 Å². The van der Waals surface area contributed by atoms with Gasteiger partial charge in [0.1, 0.15) is 17.1 Å². The lowest BCUT2D eigenvalue weighted by Crippen LogP contribution is -2.27. The zero-order valence-electron chi connectivity index (χ0n) is 20.7. The molecule has 3 heterocycles. The van der Waals surface area contributed by atoms with Crippen LogP contribution in [0.25, 0.3) is 22.3 Å². The lowest BCUT2D eigenvalue weighted by atomic mass is 10.0. The average Bonchev–Trinajstić information content (AvgIpc) is 3.35. The van der Waals surface area contributed by atoms with Crippen molar-refractivity contribution in [3.05, 3.63) is 58.5 Å². The summed E-state index contributed by atoms with van der Waals surface area (Å²) in [6.45, 7) is 6.94. The van der Waals surface area contributed by atoms with Gasteiger partial charge in [-0.15, -0.1) is 0 Å². The molecular formula is C25H29N7O3. The topological polar surface area (TPSA) is 118 Å². The second-order valence-electron chi connectivity index (χ2n) is 8.51. The molecule has 0 fully saturated rings. The highest BCUT2D eigenvalue weighted by molar-refractivity contribution is 6.07. The van der Waals surface area contributed by atoms with Crippen LogP contribution in [0.15, 0.2) is 30.5 Å². The Hall–Kier alpha value is -4.21. The van der Waals surface area contributed by atoms with Gasteiger partial charge in [0.15, 0.2) is 0 Å². The molecule has 0 bridgehead atoms. The number of nitrogens with zero attached hydrogens (tertiary/aromatic N) is 6. The van der Waals surface area contributed by atoms with E-state index in [-0.39, 0.29) is 17.6 Å². The molecule has 10 nitrogen and oxygen atoms in total. The minimum absolute atomic E-state index is 0.0414. The molecule has 0 aliphatic heterocycles. The molecule has 4 rings (SSSR count). The summed E-state index contributed by atoms with van der Waals surface area (Å²) >= 11 is 0. The van der Waals surface area contributed by atoms with Crippen LogP contribution in [0.1, 0.15) is 44.6 Å². The summed E-state index contributed by atoms with van der Waals surface area (Å²) < 4.78 is 3.40. The van der Waals surface area contributed by atoms with Crippen LogP contribution >= 0.6 is 0 Å². The summed E-state index contributed by atoms with van der Waals surface area (Å²) in [5.41, 5.74) is 4.95. The number of phenols is 1. The Morgan fingerprint density at radius 2 is 1.94 bits per heavy atom. The Kier molecular flexibility index (Phi) is 6.29. The number of aryl methyl sites for hydroxylation is 2. The first-order valence-corrected chi connectivity index (χ1v) is 11.3. The zero-order chi connectivity index (χ0) is 25.4. The molecule has 1 aromatic carbocycles.